The second kappa shape index (κ2) is 7.94. The van der Waals surface area contributed by atoms with Crippen molar-refractivity contribution in [1.29, 1.82) is 0 Å². The Balaban J connectivity index is 2.61. The van der Waals surface area contributed by atoms with Crippen LogP contribution >= 0.6 is 15.9 Å². The molecule has 0 atom stereocenters. The van der Waals surface area contributed by atoms with E-state index < -0.39 is 61.6 Å². The normalized spacial score (nSPS) is 11.8. The summed E-state index contributed by atoms with van der Waals surface area (Å²) in [6, 6.07) is 2.47. The SMILES string of the molecule is COC(=O)c1cc(OC(F)(F)F)cc(NS(=O)(=O)c2cc(Br)cc(F)c2O)c1O. The molecule has 0 aliphatic rings. The van der Waals surface area contributed by atoms with E-state index in [2.05, 4.69) is 25.4 Å². The van der Waals surface area contributed by atoms with Crippen LogP contribution in [0.2, 0.25) is 0 Å². The van der Waals surface area contributed by atoms with Gasteiger partial charge in [0.25, 0.3) is 10.0 Å². The van der Waals surface area contributed by atoms with E-state index in [9.17, 15) is 41.0 Å². The Morgan fingerprint density at radius 3 is 2.31 bits per heavy atom. The third-order valence-electron chi connectivity index (χ3n) is 3.25. The number of phenolic OH excluding ortho intramolecular Hbond substituents is 2. The Labute approximate surface area is 168 Å². The summed E-state index contributed by atoms with van der Waals surface area (Å²) in [6.45, 7) is 0. The molecule has 8 nitrogen and oxygen atoms in total. The third-order valence-corrected chi connectivity index (χ3v) is 5.09. The van der Waals surface area contributed by atoms with E-state index in [0.717, 1.165) is 19.2 Å². The number of hydrogen-bond donors (Lipinski definition) is 3. The summed E-state index contributed by atoms with van der Waals surface area (Å²) in [4.78, 5) is 10.7. The lowest BCUT2D eigenvalue weighted by Crippen LogP contribution is -2.19. The molecule has 29 heavy (non-hydrogen) atoms. The first kappa shape index (κ1) is 22.5. The van der Waals surface area contributed by atoms with Gasteiger partial charge < -0.3 is 19.7 Å². The van der Waals surface area contributed by atoms with Gasteiger partial charge in [0, 0.05) is 10.5 Å². The molecule has 0 unspecified atom stereocenters. The van der Waals surface area contributed by atoms with Gasteiger partial charge in [0.1, 0.15) is 16.2 Å². The van der Waals surface area contributed by atoms with Gasteiger partial charge >= 0.3 is 12.3 Å². The summed E-state index contributed by atoms with van der Waals surface area (Å²) in [5, 5.41) is 19.8. The number of alkyl halides is 3. The number of carbonyl (C=O) groups is 1. The Morgan fingerprint density at radius 1 is 1.14 bits per heavy atom. The van der Waals surface area contributed by atoms with Crippen molar-refractivity contribution in [3.05, 3.63) is 40.1 Å². The molecular formula is C15H10BrF4NO7S. The van der Waals surface area contributed by atoms with Crippen LogP contribution in [0.3, 0.4) is 0 Å². The van der Waals surface area contributed by atoms with E-state index >= 15 is 0 Å². The lowest BCUT2D eigenvalue weighted by Gasteiger charge is -2.16. The summed E-state index contributed by atoms with van der Waals surface area (Å²) in [6.07, 6.45) is -5.20. The first-order valence-electron chi connectivity index (χ1n) is 7.17. The fourth-order valence-corrected chi connectivity index (χ4v) is 3.86. The molecule has 0 aliphatic carbocycles. The van der Waals surface area contributed by atoms with Gasteiger partial charge in [-0.05, 0) is 18.2 Å². The zero-order valence-electron chi connectivity index (χ0n) is 14.0. The number of halogens is 5. The predicted molar refractivity (Wildman–Crippen MR) is 92.7 cm³/mol. The van der Waals surface area contributed by atoms with Crippen LogP contribution in [0.25, 0.3) is 0 Å². The van der Waals surface area contributed by atoms with E-state index in [1.165, 1.54) is 0 Å². The van der Waals surface area contributed by atoms with Crippen LogP contribution in [-0.4, -0.2) is 38.1 Å². The molecule has 3 N–H and O–H groups in total. The Morgan fingerprint density at radius 2 is 1.76 bits per heavy atom. The average Bonchev–Trinajstić information content (AvgIpc) is 2.58. The highest BCUT2D eigenvalue weighted by Gasteiger charge is 2.33. The quantitative estimate of drug-likeness (QED) is 0.324. The van der Waals surface area contributed by atoms with Crippen LogP contribution in [0.1, 0.15) is 10.4 Å². The number of esters is 1. The minimum Gasteiger partial charge on any atom is -0.505 e. The van der Waals surface area contributed by atoms with Crippen molar-refractivity contribution in [2.24, 2.45) is 0 Å². The second-order valence-electron chi connectivity index (χ2n) is 5.25. The predicted octanol–water partition coefficient (Wildman–Crippen LogP) is 3.49. The molecule has 0 fully saturated rings. The maximum absolute atomic E-state index is 13.6. The fourth-order valence-electron chi connectivity index (χ4n) is 2.09. The van der Waals surface area contributed by atoms with Crippen LogP contribution in [-0.2, 0) is 14.8 Å². The van der Waals surface area contributed by atoms with E-state index in [4.69, 9.17) is 0 Å². The van der Waals surface area contributed by atoms with Gasteiger partial charge in [-0.3, -0.25) is 4.72 Å². The molecule has 0 bridgehead atoms. The Hall–Kier alpha value is -2.74. The van der Waals surface area contributed by atoms with E-state index in [0.29, 0.717) is 12.1 Å². The second-order valence-corrected chi connectivity index (χ2v) is 7.81. The van der Waals surface area contributed by atoms with Crippen LogP contribution in [0, 0.1) is 5.82 Å². The maximum Gasteiger partial charge on any atom is 0.573 e. The minimum atomic E-state index is -5.20. The highest BCUT2D eigenvalue weighted by Crippen LogP contribution is 2.38. The number of benzene rings is 2. The van der Waals surface area contributed by atoms with Gasteiger partial charge in [-0.15, -0.1) is 13.2 Å². The largest absolute Gasteiger partial charge is 0.573 e. The van der Waals surface area contributed by atoms with Gasteiger partial charge in [0.2, 0.25) is 0 Å². The monoisotopic (exact) mass is 503 g/mol. The standard InChI is InChI=1S/C15H10BrF4NO7S/c1-27-14(24)8-4-7(28-15(18,19)20)5-10(12(8)22)21-29(25,26)11-3-6(16)2-9(17)13(11)23/h2-5,21-23H,1H3. The summed E-state index contributed by atoms with van der Waals surface area (Å²) in [5.41, 5.74) is -1.77. The van der Waals surface area contributed by atoms with Crippen LogP contribution in [0.5, 0.6) is 17.2 Å². The molecule has 2 rings (SSSR count). The Kier molecular flexibility index (Phi) is 6.18. The van der Waals surface area contributed by atoms with Gasteiger partial charge in [-0.2, -0.15) is 0 Å². The lowest BCUT2D eigenvalue weighted by molar-refractivity contribution is -0.274. The van der Waals surface area contributed by atoms with Crippen molar-refractivity contribution in [3.8, 4) is 17.2 Å². The zero-order chi connectivity index (χ0) is 22.1. The number of rotatable bonds is 5. The molecule has 0 aliphatic heterocycles. The van der Waals surface area contributed by atoms with Crippen molar-refractivity contribution >= 4 is 37.6 Å². The van der Waals surface area contributed by atoms with Gasteiger partial charge in [-0.1, -0.05) is 15.9 Å². The third kappa shape index (κ3) is 5.20. The first-order chi connectivity index (χ1) is 13.2. The fraction of sp³-hybridized carbons (Fsp3) is 0.133. The van der Waals surface area contributed by atoms with E-state index in [1.807, 2.05) is 0 Å². The summed E-state index contributed by atoms with van der Waals surface area (Å²) in [7, 11) is -3.97. The molecule has 0 aromatic heterocycles. The number of methoxy groups -OCH3 is 1. The number of nitrogens with one attached hydrogen (secondary N) is 1. The smallest absolute Gasteiger partial charge is 0.505 e. The zero-order valence-corrected chi connectivity index (χ0v) is 16.4. The number of carbonyl (C=O) groups excluding carboxylic acids is 1. The van der Waals surface area contributed by atoms with Crippen LogP contribution in [0.4, 0.5) is 23.2 Å². The molecule has 2 aromatic carbocycles. The molecule has 0 heterocycles. The van der Waals surface area contributed by atoms with Crippen molar-refractivity contribution in [1.82, 2.24) is 0 Å². The van der Waals surface area contributed by atoms with Gasteiger partial charge in [0.05, 0.1) is 12.8 Å². The number of ether oxygens (including phenoxy) is 2. The van der Waals surface area contributed by atoms with Crippen molar-refractivity contribution < 1.29 is 50.5 Å². The molecule has 2 aromatic rings. The highest BCUT2D eigenvalue weighted by molar-refractivity contribution is 9.10. The van der Waals surface area contributed by atoms with Gasteiger partial charge in [-0.25, -0.2) is 17.6 Å². The molecular weight excluding hydrogens is 494 g/mol. The summed E-state index contributed by atoms with van der Waals surface area (Å²) < 4.78 is 85.7. The van der Waals surface area contributed by atoms with E-state index in [-0.39, 0.29) is 4.47 Å². The molecule has 0 saturated carbocycles. The minimum absolute atomic E-state index is 0.0817. The topological polar surface area (TPSA) is 122 Å². The number of anilines is 1. The van der Waals surface area contributed by atoms with Crippen molar-refractivity contribution in [3.63, 3.8) is 0 Å². The van der Waals surface area contributed by atoms with Crippen molar-refractivity contribution in [2.45, 2.75) is 11.3 Å². The number of hydrogen-bond acceptors (Lipinski definition) is 7. The number of phenols is 2. The summed E-state index contributed by atoms with van der Waals surface area (Å²) >= 11 is 2.83. The molecule has 0 amide bonds. The Bertz CT molecular complexity index is 1070. The first-order valence-corrected chi connectivity index (χ1v) is 9.44. The molecule has 0 spiro atoms. The lowest BCUT2D eigenvalue weighted by atomic mass is 10.1. The molecule has 14 heteroatoms. The van der Waals surface area contributed by atoms with Gasteiger partial charge in [0.15, 0.2) is 17.3 Å². The molecule has 0 radical (unpaired) electrons. The highest BCUT2D eigenvalue weighted by atomic mass is 79.9. The van der Waals surface area contributed by atoms with Crippen LogP contribution in [0.15, 0.2) is 33.6 Å². The van der Waals surface area contributed by atoms with Crippen molar-refractivity contribution in [2.75, 3.05) is 11.8 Å². The maximum atomic E-state index is 13.6. The van der Waals surface area contributed by atoms with E-state index in [1.54, 1.807) is 4.72 Å². The summed E-state index contributed by atoms with van der Waals surface area (Å²) in [5.74, 6) is -6.04. The number of sulfonamides is 1. The molecule has 0 saturated heterocycles. The van der Waals surface area contributed by atoms with Crippen LogP contribution < -0.4 is 9.46 Å². The number of aromatic hydroxyl groups is 2. The molecule has 158 valence electrons. The average molecular weight is 504 g/mol.